The molecule has 7 heteroatoms. The molecule has 1 amide bonds. The van der Waals surface area contributed by atoms with Crippen molar-refractivity contribution in [2.75, 3.05) is 31.1 Å². The van der Waals surface area contributed by atoms with Gasteiger partial charge in [-0.2, -0.15) is 11.8 Å². The fourth-order valence-electron chi connectivity index (χ4n) is 3.50. The van der Waals surface area contributed by atoms with Crippen molar-refractivity contribution < 1.29 is 4.79 Å². The molecule has 3 atom stereocenters. The van der Waals surface area contributed by atoms with Gasteiger partial charge in [0, 0.05) is 36.7 Å². The highest BCUT2D eigenvalue weighted by Gasteiger charge is 2.31. The summed E-state index contributed by atoms with van der Waals surface area (Å²) in [6, 6.07) is 10.6. The summed E-state index contributed by atoms with van der Waals surface area (Å²) >= 11 is 1.98. The number of rotatable bonds is 4. The highest BCUT2D eigenvalue weighted by molar-refractivity contribution is 7.99. The Morgan fingerprint density at radius 3 is 2.56 bits per heavy atom. The van der Waals surface area contributed by atoms with Crippen molar-refractivity contribution in [3.8, 4) is 0 Å². The summed E-state index contributed by atoms with van der Waals surface area (Å²) in [5.41, 5.74) is 1.10. The van der Waals surface area contributed by atoms with Gasteiger partial charge in [0.1, 0.15) is 6.04 Å². The van der Waals surface area contributed by atoms with E-state index in [1.165, 1.54) is 0 Å². The number of benzene rings is 1. The Kier molecular flexibility index (Phi) is 10.2. The molecule has 0 aliphatic carbocycles. The summed E-state index contributed by atoms with van der Waals surface area (Å²) in [6.07, 6.45) is 2.20. The number of hydrogen-bond acceptors (Lipinski definition) is 4. The second-order valence-corrected chi connectivity index (χ2v) is 7.69. The van der Waals surface area contributed by atoms with Crippen LogP contribution in [0.2, 0.25) is 0 Å². The third-order valence-corrected chi connectivity index (χ3v) is 5.81. The molecule has 0 spiro atoms. The van der Waals surface area contributed by atoms with Gasteiger partial charge in [0.15, 0.2) is 0 Å². The molecule has 2 fully saturated rings. The molecule has 2 heterocycles. The van der Waals surface area contributed by atoms with Gasteiger partial charge >= 0.3 is 0 Å². The van der Waals surface area contributed by atoms with E-state index in [9.17, 15) is 4.79 Å². The van der Waals surface area contributed by atoms with E-state index in [1.807, 2.05) is 30.0 Å². The number of nitrogens with one attached hydrogen (secondary N) is 2. The maximum absolute atomic E-state index is 13.1. The van der Waals surface area contributed by atoms with Crippen molar-refractivity contribution in [3.05, 3.63) is 35.9 Å². The fourth-order valence-corrected chi connectivity index (χ4v) is 4.43. The summed E-state index contributed by atoms with van der Waals surface area (Å²) in [5.74, 6) is 2.37. The lowest BCUT2D eigenvalue weighted by Gasteiger charge is -2.36. The second-order valence-electron chi connectivity index (χ2n) is 6.46. The van der Waals surface area contributed by atoms with E-state index in [1.54, 1.807) is 0 Å². The number of halogens is 2. The summed E-state index contributed by atoms with van der Waals surface area (Å²) < 4.78 is 0. The molecule has 0 saturated carbocycles. The Labute approximate surface area is 167 Å². The van der Waals surface area contributed by atoms with E-state index in [0.717, 1.165) is 49.5 Å². The monoisotopic (exact) mass is 405 g/mol. The molecule has 1 aromatic carbocycles. The SMILES string of the molecule is CC1NCCCC1NC(=O)C(c1ccccc1)N1CCSCC1.Cl.Cl. The number of hydrogen-bond donors (Lipinski definition) is 2. The predicted molar refractivity (Wildman–Crippen MR) is 111 cm³/mol. The third kappa shape index (κ3) is 6.04. The lowest BCUT2D eigenvalue weighted by molar-refractivity contribution is -0.127. The highest BCUT2D eigenvalue weighted by Crippen LogP contribution is 2.25. The van der Waals surface area contributed by atoms with Gasteiger partial charge in [-0.1, -0.05) is 30.3 Å². The van der Waals surface area contributed by atoms with Crippen LogP contribution in [0.4, 0.5) is 0 Å². The van der Waals surface area contributed by atoms with Crippen LogP contribution in [0.1, 0.15) is 31.4 Å². The van der Waals surface area contributed by atoms with Crippen molar-refractivity contribution in [3.63, 3.8) is 0 Å². The normalized spacial score (nSPS) is 25.2. The molecule has 0 aromatic heterocycles. The van der Waals surface area contributed by atoms with Crippen LogP contribution >= 0.6 is 36.6 Å². The van der Waals surface area contributed by atoms with Gasteiger partial charge in [-0.15, -0.1) is 24.8 Å². The molecule has 3 unspecified atom stereocenters. The molecular weight excluding hydrogens is 377 g/mol. The standard InChI is InChI=1S/C18H27N3OS.2ClH/c1-14-16(8-5-9-19-14)20-18(22)17(15-6-3-2-4-7-15)21-10-12-23-13-11-21;;/h2-4,6-7,14,16-17,19H,5,8-13H2,1H3,(H,20,22);2*1H. The molecule has 4 nitrogen and oxygen atoms in total. The van der Waals surface area contributed by atoms with E-state index in [4.69, 9.17) is 0 Å². The summed E-state index contributed by atoms with van der Waals surface area (Å²) in [6.45, 7) is 5.18. The van der Waals surface area contributed by atoms with E-state index < -0.39 is 0 Å². The van der Waals surface area contributed by atoms with E-state index in [2.05, 4.69) is 34.6 Å². The highest BCUT2D eigenvalue weighted by atomic mass is 35.5. The van der Waals surface area contributed by atoms with Crippen LogP contribution < -0.4 is 10.6 Å². The Hall–Kier alpha value is -0.460. The van der Waals surface area contributed by atoms with Crippen molar-refractivity contribution in [2.45, 2.75) is 37.9 Å². The first-order valence-electron chi connectivity index (χ1n) is 8.66. The maximum Gasteiger partial charge on any atom is 0.242 e. The van der Waals surface area contributed by atoms with Crippen molar-refractivity contribution in [2.24, 2.45) is 0 Å². The van der Waals surface area contributed by atoms with Gasteiger partial charge in [-0.3, -0.25) is 9.69 Å². The van der Waals surface area contributed by atoms with E-state index >= 15 is 0 Å². The zero-order valence-electron chi connectivity index (χ0n) is 14.6. The predicted octanol–water partition coefficient (Wildman–Crippen LogP) is 2.88. The Balaban J connectivity index is 0.00000156. The summed E-state index contributed by atoms with van der Waals surface area (Å²) in [7, 11) is 0. The van der Waals surface area contributed by atoms with Crippen LogP contribution in [0.15, 0.2) is 30.3 Å². The number of amides is 1. The summed E-state index contributed by atoms with van der Waals surface area (Å²) in [5, 5.41) is 6.78. The van der Waals surface area contributed by atoms with Crippen LogP contribution in [0, 0.1) is 0 Å². The van der Waals surface area contributed by atoms with Crippen molar-refractivity contribution in [1.82, 2.24) is 15.5 Å². The fraction of sp³-hybridized carbons (Fsp3) is 0.611. The van der Waals surface area contributed by atoms with Gasteiger partial charge in [0.05, 0.1) is 0 Å². The van der Waals surface area contributed by atoms with Crippen LogP contribution in [-0.2, 0) is 4.79 Å². The minimum Gasteiger partial charge on any atom is -0.350 e. The first-order chi connectivity index (χ1) is 11.3. The minimum absolute atomic E-state index is 0. The molecule has 2 aliphatic rings. The van der Waals surface area contributed by atoms with Crippen molar-refractivity contribution in [1.29, 1.82) is 0 Å². The Morgan fingerprint density at radius 1 is 1.24 bits per heavy atom. The lowest BCUT2D eigenvalue weighted by atomic mass is 9.98. The second kappa shape index (κ2) is 11.3. The largest absolute Gasteiger partial charge is 0.350 e. The number of carbonyl (C=O) groups excluding carboxylic acids is 1. The zero-order valence-corrected chi connectivity index (χ0v) is 17.1. The molecular formula is C18H29Cl2N3OS. The van der Waals surface area contributed by atoms with Crippen LogP contribution in [0.5, 0.6) is 0 Å². The quantitative estimate of drug-likeness (QED) is 0.807. The Morgan fingerprint density at radius 2 is 1.92 bits per heavy atom. The number of thioether (sulfide) groups is 1. The summed E-state index contributed by atoms with van der Waals surface area (Å²) in [4.78, 5) is 15.4. The molecule has 2 saturated heterocycles. The zero-order chi connectivity index (χ0) is 16.1. The maximum atomic E-state index is 13.1. The molecule has 25 heavy (non-hydrogen) atoms. The molecule has 2 aliphatic heterocycles. The molecule has 3 rings (SSSR count). The van der Waals surface area contributed by atoms with Crippen LogP contribution in [0.25, 0.3) is 0 Å². The molecule has 2 N–H and O–H groups in total. The number of piperidine rings is 1. The molecule has 142 valence electrons. The van der Waals surface area contributed by atoms with Gasteiger partial charge in [-0.25, -0.2) is 0 Å². The first kappa shape index (κ1) is 22.6. The minimum atomic E-state index is -0.161. The van der Waals surface area contributed by atoms with Gasteiger partial charge in [0.25, 0.3) is 0 Å². The smallest absolute Gasteiger partial charge is 0.242 e. The topological polar surface area (TPSA) is 44.4 Å². The Bertz CT molecular complexity index is 514. The number of carbonyl (C=O) groups is 1. The average Bonchev–Trinajstić information content (AvgIpc) is 2.59. The lowest BCUT2D eigenvalue weighted by Crippen LogP contribution is -2.54. The molecule has 1 aromatic rings. The van der Waals surface area contributed by atoms with Crippen LogP contribution in [0.3, 0.4) is 0 Å². The van der Waals surface area contributed by atoms with Gasteiger partial charge in [-0.05, 0) is 31.9 Å². The average molecular weight is 406 g/mol. The van der Waals surface area contributed by atoms with Crippen LogP contribution in [-0.4, -0.2) is 54.0 Å². The van der Waals surface area contributed by atoms with Gasteiger partial charge in [0.2, 0.25) is 5.91 Å². The van der Waals surface area contributed by atoms with E-state index in [-0.39, 0.29) is 42.8 Å². The number of nitrogens with zero attached hydrogens (tertiary/aromatic N) is 1. The van der Waals surface area contributed by atoms with E-state index in [0.29, 0.717) is 6.04 Å². The molecule has 0 radical (unpaired) electrons. The van der Waals surface area contributed by atoms with Gasteiger partial charge < -0.3 is 10.6 Å². The third-order valence-electron chi connectivity index (χ3n) is 4.86. The molecule has 0 bridgehead atoms. The first-order valence-corrected chi connectivity index (χ1v) is 9.81. The van der Waals surface area contributed by atoms with Crippen molar-refractivity contribution >= 4 is 42.5 Å².